The Balaban J connectivity index is 2.50. The summed E-state index contributed by atoms with van der Waals surface area (Å²) < 4.78 is 5.14. The highest BCUT2D eigenvalue weighted by Crippen LogP contribution is 2.32. The third kappa shape index (κ3) is 2.98. The van der Waals surface area contributed by atoms with Gasteiger partial charge in [-0.2, -0.15) is 0 Å². The molecule has 0 aliphatic rings. The van der Waals surface area contributed by atoms with Gasteiger partial charge in [-0.1, -0.05) is 66.4 Å². The number of rotatable bonds is 6. The molecule has 0 aliphatic heterocycles. The van der Waals surface area contributed by atoms with Crippen LogP contribution in [0.15, 0.2) is 70.9 Å². The van der Waals surface area contributed by atoms with E-state index in [0.717, 1.165) is 0 Å². The summed E-state index contributed by atoms with van der Waals surface area (Å²) in [5.41, 5.74) is 0.700. The van der Waals surface area contributed by atoms with Gasteiger partial charge in [0.15, 0.2) is 17.1 Å². The molecule has 0 spiro atoms. The van der Waals surface area contributed by atoms with Crippen molar-refractivity contribution in [3.8, 4) is 0 Å². The lowest BCUT2D eigenvalue weighted by Crippen LogP contribution is -2.01. The lowest BCUT2D eigenvalue weighted by molar-refractivity contribution is 0.103. The number of hydrogen-bond acceptors (Lipinski definition) is 5. The van der Waals surface area contributed by atoms with Crippen molar-refractivity contribution in [2.24, 2.45) is 5.18 Å². The van der Waals surface area contributed by atoms with E-state index in [0.29, 0.717) is 11.1 Å². The van der Waals surface area contributed by atoms with Gasteiger partial charge in [0.1, 0.15) is 0 Å². The van der Waals surface area contributed by atoms with Crippen molar-refractivity contribution >= 4 is 17.0 Å². The van der Waals surface area contributed by atoms with E-state index in [1.807, 2.05) is 13.0 Å². The molecule has 0 unspecified atom stereocenters. The maximum atomic E-state index is 12.4. The van der Waals surface area contributed by atoms with Crippen LogP contribution in [0.5, 0.6) is 0 Å². The Morgan fingerprint density at radius 2 is 2.05 bits per heavy atom. The molecule has 2 rings (SSSR count). The van der Waals surface area contributed by atoms with Gasteiger partial charge in [0.05, 0.1) is 0 Å². The zero-order valence-corrected chi connectivity index (χ0v) is 12.0. The topological polar surface area (TPSA) is 72.5 Å². The molecule has 0 radical (unpaired) electrons. The summed E-state index contributed by atoms with van der Waals surface area (Å²) in [5, 5.41) is 6.62. The van der Waals surface area contributed by atoms with E-state index in [-0.39, 0.29) is 17.1 Å². The van der Waals surface area contributed by atoms with Crippen LogP contribution in [0.3, 0.4) is 0 Å². The first-order valence-corrected chi connectivity index (χ1v) is 6.61. The molecule has 0 fully saturated rings. The summed E-state index contributed by atoms with van der Waals surface area (Å²) in [6.45, 7) is 5.51. The Hall–Kier alpha value is -3.08. The molecule has 5 heteroatoms. The summed E-state index contributed by atoms with van der Waals surface area (Å²) in [5.74, 6) is -0.290. The highest BCUT2D eigenvalue weighted by Gasteiger charge is 2.25. The summed E-state index contributed by atoms with van der Waals surface area (Å²) in [4.78, 5) is 23.5. The maximum Gasteiger partial charge on any atom is 0.217 e. The van der Waals surface area contributed by atoms with Gasteiger partial charge < -0.3 is 4.52 Å². The van der Waals surface area contributed by atoms with Crippen molar-refractivity contribution in [2.45, 2.75) is 6.92 Å². The molecule has 0 bridgehead atoms. The molecule has 2 aromatic rings. The average Bonchev–Trinajstić information content (AvgIpc) is 2.99. The van der Waals surface area contributed by atoms with E-state index >= 15 is 0 Å². The van der Waals surface area contributed by atoms with Crippen LogP contribution in [0.4, 0.5) is 5.69 Å². The monoisotopic (exact) mass is 294 g/mol. The Morgan fingerprint density at radius 1 is 1.32 bits per heavy atom. The number of carbonyl (C=O) groups is 1. The molecular formula is C17H14N2O3. The largest absolute Gasteiger partial charge is 0.353 e. The smallest absolute Gasteiger partial charge is 0.217 e. The van der Waals surface area contributed by atoms with E-state index in [4.69, 9.17) is 4.52 Å². The second kappa shape index (κ2) is 7.08. The number of benzene rings is 1. The lowest BCUT2D eigenvalue weighted by Gasteiger charge is -1.97. The number of allylic oxidation sites excluding steroid dienone is 5. The molecule has 22 heavy (non-hydrogen) atoms. The van der Waals surface area contributed by atoms with E-state index in [2.05, 4.69) is 16.9 Å². The van der Waals surface area contributed by atoms with Gasteiger partial charge in [0, 0.05) is 11.1 Å². The fraction of sp³-hybridized carbons (Fsp3) is 0.0588. The standard InChI is InChI=1S/C17H14N2O3/c1-3-5-9-12(4-2)17-15(18-21)14(19-22-17)16(20)13-10-7-6-8-11-13/h3-11H,2H2,1H3/b5-3-,12-9+. The molecule has 0 saturated heterocycles. The van der Waals surface area contributed by atoms with Crippen molar-refractivity contribution in [3.63, 3.8) is 0 Å². The van der Waals surface area contributed by atoms with Crippen LogP contribution >= 0.6 is 0 Å². The number of aromatic nitrogens is 1. The Morgan fingerprint density at radius 3 is 2.64 bits per heavy atom. The molecule has 0 saturated carbocycles. The Labute approximate surface area is 127 Å². The minimum Gasteiger partial charge on any atom is -0.353 e. The second-order valence-corrected chi connectivity index (χ2v) is 4.35. The van der Waals surface area contributed by atoms with Gasteiger partial charge in [-0.3, -0.25) is 4.79 Å². The quantitative estimate of drug-likeness (QED) is 0.448. The van der Waals surface area contributed by atoms with Gasteiger partial charge in [0.2, 0.25) is 5.78 Å². The normalized spacial score (nSPS) is 11.6. The zero-order chi connectivity index (χ0) is 15.9. The van der Waals surface area contributed by atoms with E-state index in [9.17, 15) is 9.70 Å². The van der Waals surface area contributed by atoms with Crippen LogP contribution in [-0.2, 0) is 0 Å². The number of ketones is 1. The van der Waals surface area contributed by atoms with Crippen LogP contribution in [0.1, 0.15) is 28.7 Å². The summed E-state index contributed by atoms with van der Waals surface area (Å²) in [7, 11) is 0. The maximum absolute atomic E-state index is 12.4. The first-order valence-electron chi connectivity index (χ1n) is 6.61. The zero-order valence-electron chi connectivity index (χ0n) is 12.0. The van der Waals surface area contributed by atoms with E-state index < -0.39 is 5.78 Å². The highest BCUT2D eigenvalue weighted by molar-refractivity contribution is 6.11. The van der Waals surface area contributed by atoms with E-state index in [1.54, 1.807) is 42.5 Å². The molecule has 110 valence electrons. The number of carbonyl (C=O) groups excluding carboxylic acids is 1. The van der Waals surface area contributed by atoms with E-state index in [1.165, 1.54) is 6.08 Å². The average molecular weight is 294 g/mol. The SMILES string of the molecule is C=C/C(=C\C=C/C)c1onc(C(=O)c2ccccc2)c1N=O. The molecule has 1 heterocycles. The van der Waals surface area contributed by atoms with Crippen molar-refractivity contribution in [3.05, 3.63) is 83.1 Å². The minimum atomic E-state index is -0.417. The fourth-order valence-corrected chi connectivity index (χ4v) is 1.87. The number of nitroso groups, excluding NO2 is 1. The van der Waals surface area contributed by atoms with Crippen LogP contribution in [0.25, 0.3) is 5.57 Å². The third-order valence-corrected chi connectivity index (χ3v) is 2.96. The summed E-state index contributed by atoms with van der Waals surface area (Å²) in [6.07, 6.45) is 6.77. The summed E-state index contributed by atoms with van der Waals surface area (Å²) in [6, 6.07) is 8.51. The summed E-state index contributed by atoms with van der Waals surface area (Å²) >= 11 is 0. The highest BCUT2D eigenvalue weighted by atomic mass is 16.5. The van der Waals surface area contributed by atoms with Crippen LogP contribution in [0, 0.1) is 4.91 Å². The van der Waals surface area contributed by atoms with Gasteiger partial charge in [-0.15, -0.1) is 4.91 Å². The minimum absolute atomic E-state index is 0.107. The third-order valence-electron chi connectivity index (χ3n) is 2.96. The van der Waals surface area contributed by atoms with Gasteiger partial charge >= 0.3 is 0 Å². The second-order valence-electron chi connectivity index (χ2n) is 4.35. The molecule has 1 aromatic heterocycles. The fourth-order valence-electron chi connectivity index (χ4n) is 1.87. The Bertz CT molecular complexity index is 755. The van der Waals surface area contributed by atoms with Crippen LogP contribution in [-0.4, -0.2) is 10.9 Å². The van der Waals surface area contributed by atoms with Crippen molar-refractivity contribution in [1.29, 1.82) is 0 Å². The van der Waals surface area contributed by atoms with Crippen molar-refractivity contribution in [2.75, 3.05) is 0 Å². The van der Waals surface area contributed by atoms with Gasteiger partial charge in [0.25, 0.3) is 0 Å². The predicted octanol–water partition coefficient (Wildman–Crippen LogP) is 4.45. The van der Waals surface area contributed by atoms with Crippen LogP contribution in [0.2, 0.25) is 0 Å². The first kappa shape index (κ1) is 15.3. The van der Waals surface area contributed by atoms with Gasteiger partial charge in [-0.05, 0) is 12.1 Å². The van der Waals surface area contributed by atoms with Gasteiger partial charge in [-0.25, -0.2) is 0 Å². The lowest BCUT2D eigenvalue weighted by atomic mass is 10.1. The number of nitrogens with zero attached hydrogens (tertiary/aromatic N) is 2. The molecular weight excluding hydrogens is 280 g/mol. The molecule has 0 aliphatic carbocycles. The molecule has 0 amide bonds. The van der Waals surface area contributed by atoms with Crippen molar-refractivity contribution < 1.29 is 9.32 Å². The number of hydrogen-bond donors (Lipinski definition) is 0. The molecule has 5 nitrogen and oxygen atoms in total. The van der Waals surface area contributed by atoms with Crippen molar-refractivity contribution in [1.82, 2.24) is 5.16 Å². The van der Waals surface area contributed by atoms with Crippen LogP contribution < -0.4 is 0 Å². The molecule has 1 aromatic carbocycles. The predicted molar refractivity (Wildman–Crippen MR) is 84.8 cm³/mol. The Kier molecular flexibility index (Phi) is 4.93. The molecule has 0 N–H and O–H groups in total. The molecule has 0 atom stereocenters. The first-order chi connectivity index (χ1) is 10.7.